The van der Waals surface area contributed by atoms with Crippen molar-refractivity contribution >= 4 is 11.7 Å². The smallest absolute Gasteiger partial charge is 0.313 e. The lowest BCUT2D eigenvalue weighted by Gasteiger charge is -2.70. The highest BCUT2D eigenvalue weighted by Crippen LogP contribution is 2.74. The molecule has 3 heterocycles. The second-order valence-electron chi connectivity index (χ2n) is 9.08. The molecule has 3 saturated carbocycles. The molecule has 2 bridgehead atoms. The van der Waals surface area contributed by atoms with Crippen LogP contribution in [0.3, 0.4) is 0 Å². The molecule has 7 rings (SSSR count). The van der Waals surface area contributed by atoms with E-state index in [2.05, 4.69) is 34.5 Å². The Balaban J connectivity index is 1.67. The van der Waals surface area contributed by atoms with E-state index < -0.39 is 17.6 Å². The molecule has 26 heavy (non-hydrogen) atoms. The van der Waals surface area contributed by atoms with Gasteiger partial charge >= 0.3 is 5.97 Å². The van der Waals surface area contributed by atoms with Crippen molar-refractivity contribution in [3.05, 3.63) is 29.8 Å². The molecule has 138 valence electrons. The van der Waals surface area contributed by atoms with Crippen molar-refractivity contribution in [2.75, 3.05) is 25.5 Å². The zero-order chi connectivity index (χ0) is 17.7. The fourth-order valence-electron chi connectivity index (χ4n) is 8.07. The van der Waals surface area contributed by atoms with Crippen molar-refractivity contribution in [1.29, 1.82) is 0 Å². The van der Waals surface area contributed by atoms with Crippen LogP contribution < -0.4 is 5.32 Å². The molecule has 0 unspecified atom stereocenters. The molecule has 3 aliphatic heterocycles. The normalized spacial score (nSPS) is 47.7. The molecule has 0 amide bonds. The largest absolute Gasteiger partial charge is 0.469 e. The number of hydrogen-bond donors (Lipinski definition) is 2. The van der Waals surface area contributed by atoms with Crippen LogP contribution in [0.4, 0.5) is 5.69 Å². The summed E-state index contributed by atoms with van der Waals surface area (Å²) in [5.41, 5.74) is 1.80. The van der Waals surface area contributed by atoms with Gasteiger partial charge in [-0.2, -0.15) is 0 Å². The molecule has 1 aromatic carbocycles. The second-order valence-corrected chi connectivity index (χ2v) is 9.08. The number of nitrogens with zero attached hydrogens (tertiary/aromatic N) is 1. The SMILES string of the molecule is COC(=O)[C@@H]1[C@@H](O)[C@@]23CCCN4CC[C@@]5(c6ccccc6N[C@]15CC2)[C@@H]43. The predicted octanol–water partition coefficient (Wildman–Crippen LogP) is 1.90. The summed E-state index contributed by atoms with van der Waals surface area (Å²) in [6.07, 6.45) is 4.48. The highest BCUT2D eigenvalue weighted by atomic mass is 16.5. The minimum absolute atomic E-state index is 0.0969. The lowest BCUT2D eigenvalue weighted by atomic mass is 9.38. The van der Waals surface area contributed by atoms with Crippen molar-refractivity contribution in [1.82, 2.24) is 4.90 Å². The fourth-order valence-corrected chi connectivity index (χ4v) is 8.07. The molecule has 3 spiro atoms. The first-order valence-corrected chi connectivity index (χ1v) is 9.98. The van der Waals surface area contributed by atoms with Crippen LogP contribution in [0.1, 0.15) is 37.7 Å². The van der Waals surface area contributed by atoms with Crippen LogP contribution in [0.15, 0.2) is 24.3 Å². The lowest BCUT2D eigenvalue weighted by molar-refractivity contribution is -0.215. The maximum Gasteiger partial charge on any atom is 0.313 e. The molecule has 0 aromatic heterocycles. The average Bonchev–Trinajstić information content (AvgIpc) is 3.20. The van der Waals surface area contributed by atoms with Crippen LogP contribution in [0.5, 0.6) is 0 Å². The molecule has 6 aliphatic rings. The number of rotatable bonds is 1. The van der Waals surface area contributed by atoms with Crippen LogP contribution in [-0.2, 0) is 14.9 Å². The van der Waals surface area contributed by atoms with E-state index in [-0.39, 0.29) is 16.8 Å². The molecule has 3 aliphatic carbocycles. The molecule has 5 heteroatoms. The van der Waals surface area contributed by atoms with Gasteiger partial charge in [0.25, 0.3) is 0 Å². The maximum absolute atomic E-state index is 13.0. The van der Waals surface area contributed by atoms with Gasteiger partial charge in [0.1, 0.15) is 5.92 Å². The van der Waals surface area contributed by atoms with E-state index in [0.717, 1.165) is 50.9 Å². The van der Waals surface area contributed by atoms with Gasteiger partial charge in [-0.3, -0.25) is 9.69 Å². The van der Waals surface area contributed by atoms with Crippen LogP contribution in [0, 0.1) is 11.3 Å². The monoisotopic (exact) mass is 354 g/mol. The van der Waals surface area contributed by atoms with Crippen molar-refractivity contribution in [3.63, 3.8) is 0 Å². The summed E-state index contributed by atoms with van der Waals surface area (Å²) < 4.78 is 5.24. The number of anilines is 1. The number of fused-ring (bicyclic) bond motifs is 3. The summed E-state index contributed by atoms with van der Waals surface area (Å²) in [6.45, 7) is 2.17. The van der Waals surface area contributed by atoms with E-state index in [9.17, 15) is 9.90 Å². The van der Waals surface area contributed by atoms with Crippen LogP contribution >= 0.6 is 0 Å². The Morgan fingerprint density at radius 2 is 2.08 bits per heavy atom. The zero-order valence-corrected chi connectivity index (χ0v) is 15.2. The first kappa shape index (κ1) is 15.5. The van der Waals surface area contributed by atoms with Crippen molar-refractivity contribution < 1.29 is 14.6 Å². The molecule has 2 N–H and O–H groups in total. The predicted molar refractivity (Wildman–Crippen MR) is 96.9 cm³/mol. The Labute approximate surface area is 153 Å². The molecule has 5 fully saturated rings. The molecular weight excluding hydrogens is 328 g/mol. The highest BCUT2D eigenvalue weighted by molar-refractivity contribution is 5.81. The van der Waals surface area contributed by atoms with Gasteiger partial charge in [0.15, 0.2) is 0 Å². The van der Waals surface area contributed by atoms with E-state index in [0.29, 0.717) is 6.04 Å². The summed E-state index contributed by atoms with van der Waals surface area (Å²) in [7, 11) is 1.46. The van der Waals surface area contributed by atoms with Gasteiger partial charge in [-0.05, 0) is 56.8 Å². The minimum Gasteiger partial charge on any atom is -0.469 e. The number of carbonyl (C=O) groups is 1. The Bertz CT molecular complexity index is 812. The standard InChI is InChI=1S/C21H26N2O3/c1-26-17(25)15-16(24)19-7-4-11-23-12-10-20(18(19)23)13-5-2-3-6-14(13)22-21(15,20)9-8-19/h2-3,5-6,15-16,18,22,24H,4,7-12H2,1H3/t15-,16+,18-,19+,20+,21+/m0/s1. The number of ether oxygens (including phenoxy) is 1. The molecule has 5 nitrogen and oxygen atoms in total. The number of hydrogen-bond acceptors (Lipinski definition) is 5. The van der Waals surface area contributed by atoms with Gasteiger partial charge in [-0.25, -0.2) is 0 Å². The van der Waals surface area contributed by atoms with Gasteiger partial charge in [0, 0.05) is 22.6 Å². The fraction of sp³-hybridized carbons (Fsp3) is 0.667. The second kappa shape index (κ2) is 4.63. The summed E-state index contributed by atoms with van der Waals surface area (Å²) in [5, 5.41) is 15.4. The number of benzene rings is 1. The van der Waals surface area contributed by atoms with Crippen LogP contribution in [-0.4, -0.2) is 53.9 Å². The van der Waals surface area contributed by atoms with Crippen molar-refractivity contribution in [2.24, 2.45) is 11.3 Å². The highest BCUT2D eigenvalue weighted by Gasteiger charge is 2.81. The lowest BCUT2D eigenvalue weighted by Crippen LogP contribution is -2.81. The number of nitrogens with one attached hydrogen (secondary N) is 1. The minimum atomic E-state index is -0.635. The summed E-state index contributed by atoms with van der Waals surface area (Å²) in [4.78, 5) is 15.6. The van der Waals surface area contributed by atoms with Gasteiger partial charge in [-0.1, -0.05) is 18.2 Å². The van der Waals surface area contributed by atoms with Gasteiger partial charge in [0.05, 0.1) is 18.8 Å². The zero-order valence-electron chi connectivity index (χ0n) is 15.2. The summed E-state index contributed by atoms with van der Waals surface area (Å²) in [5.74, 6) is -0.748. The molecule has 2 saturated heterocycles. The topological polar surface area (TPSA) is 61.8 Å². The molecular formula is C21H26N2O3. The molecule has 6 atom stereocenters. The van der Waals surface area contributed by atoms with Gasteiger partial charge in [0.2, 0.25) is 0 Å². The number of para-hydroxylation sites is 1. The number of piperidine rings is 1. The van der Waals surface area contributed by atoms with Gasteiger partial charge < -0.3 is 15.2 Å². The van der Waals surface area contributed by atoms with E-state index in [4.69, 9.17) is 4.74 Å². The summed E-state index contributed by atoms with van der Waals surface area (Å²) >= 11 is 0. The number of aliphatic hydroxyl groups is 1. The number of aliphatic hydroxyl groups excluding tert-OH is 1. The first-order valence-electron chi connectivity index (χ1n) is 9.98. The number of esters is 1. The Morgan fingerprint density at radius 1 is 1.23 bits per heavy atom. The quantitative estimate of drug-likeness (QED) is 0.755. The van der Waals surface area contributed by atoms with E-state index in [1.165, 1.54) is 12.7 Å². The Morgan fingerprint density at radius 3 is 2.92 bits per heavy atom. The Hall–Kier alpha value is -1.59. The maximum atomic E-state index is 13.0. The molecule has 1 aromatic rings. The van der Waals surface area contributed by atoms with Gasteiger partial charge in [-0.15, -0.1) is 0 Å². The third kappa shape index (κ3) is 1.34. The van der Waals surface area contributed by atoms with E-state index in [1.54, 1.807) is 0 Å². The van der Waals surface area contributed by atoms with E-state index in [1.807, 2.05) is 0 Å². The first-order chi connectivity index (χ1) is 12.6. The average molecular weight is 354 g/mol. The van der Waals surface area contributed by atoms with Crippen LogP contribution in [0.25, 0.3) is 0 Å². The third-order valence-electron chi connectivity index (χ3n) is 8.69. The number of carbonyl (C=O) groups excluding carboxylic acids is 1. The van der Waals surface area contributed by atoms with Crippen LogP contribution in [0.2, 0.25) is 0 Å². The molecule has 0 radical (unpaired) electrons. The Kier molecular flexibility index (Phi) is 2.75. The van der Waals surface area contributed by atoms with E-state index >= 15 is 0 Å². The summed E-state index contributed by atoms with van der Waals surface area (Å²) in [6, 6.07) is 8.91. The van der Waals surface area contributed by atoms with Crippen molar-refractivity contribution in [3.8, 4) is 0 Å². The van der Waals surface area contributed by atoms with Crippen molar-refractivity contribution in [2.45, 2.75) is 55.2 Å². The third-order valence-corrected chi connectivity index (χ3v) is 8.69. The number of methoxy groups -OCH3 is 1.